The molecule has 4 heteroatoms. The van der Waals surface area contributed by atoms with Crippen molar-refractivity contribution >= 4 is 18.4 Å². The van der Waals surface area contributed by atoms with Crippen LogP contribution in [-0.2, 0) is 21.5 Å². The van der Waals surface area contributed by atoms with Crippen molar-refractivity contribution in [2.75, 3.05) is 0 Å². The van der Waals surface area contributed by atoms with Crippen LogP contribution in [0.2, 0.25) is 0 Å². The van der Waals surface area contributed by atoms with Gasteiger partial charge in [0.05, 0.1) is 5.60 Å². The van der Waals surface area contributed by atoms with Crippen LogP contribution >= 0.6 is 0 Å². The number of ketones is 1. The van der Waals surface area contributed by atoms with E-state index in [1.54, 1.807) is 6.92 Å². The molecule has 1 aliphatic carbocycles. The molecule has 2 aliphatic rings. The Hall–Kier alpha value is -1.13. The van der Waals surface area contributed by atoms with Crippen LogP contribution in [0, 0.1) is 0 Å². The Labute approximate surface area is 107 Å². The van der Waals surface area contributed by atoms with Gasteiger partial charge in [-0.05, 0) is 36.4 Å². The van der Waals surface area contributed by atoms with Crippen LogP contribution in [0.3, 0.4) is 0 Å². The quantitative estimate of drug-likeness (QED) is 0.798. The van der Waals surface area contributed by atoms with E-state index in [-0.39, 0.29) is 11.4 Å². The van der Waals surface area contributed by atoms with Crippen molar-refractivity contribution < 1.29 is 14.5 Å². The third-order valence-electron chi connectivity index (χ3n) is 4.07. The van der Waals surface area contributed by atoms with Crippen LogP contribution in [0.5, 0.6) is 0 Å². The second-order valence-electron chi connectivity index (χ2n) is 5.47. The van der Waals surface area contributed by atoms with Crippen molar-refractivity contribution in [3.63, 3.8) is 0 Å². The highest BCUT2D eigenvalue weighted by atomic mass is 16.5. The SMILES string of the molecule is CC(=O)Cc1ccc2c(c1)B(O)OC21CCCC1. The number of hydrogen-bond donors (Lipinski definition) is 1. The lowest BCUT2D eigenvalue weighted by Gasteiger charge is -2.24. The number of benzene rings is 1. The molecule has 1 N–H and O–H groups in total. The predicted molar refractivity (Wildman–Crippen MR) is 69.7 cm³/mol. The van der Waals surface area contributed by atoms with E-state index in [0.717, 1.165) is 42.3 Å². The van der Waals surface area contributed by atoms with Gasteiger partial charge in [0.25, 0.3) is 0 Å². The number of fused-ring (bicyclic) bond motifs is 2. The molecular formula is C14H17BO3. The Balaban J connectivity index is 1.99. The van der Waals surface area contributed by atoms with Crippen molar-refractivity contribution in [2.45, 2.75) is 44.6 Å². The first-order valence-corrected chi connectivity index (χ1v) is 6.59. The Kier molecular flexibility index (Phi) is 2.79. The van der Waals surface area contributed by atoms with Crippen LogP contribution in [-0.4, -0.2) is 17.9 Å². The average molecular weight is 244 g/mol. The minimum atomic E-state index is -0.829. The molecule has 1 aromatic rings. The molecule has 1 aliphatic heterocycles. The van der Waals surface area contributed by atoms with E-state index in [1.807, 2.05) is 18.2 Å². The fourth-order valence-corrected chi connectivity index (χ4v) is 3.30. The highest BCUT2D eigenvalue weighted by Crippen LogP contribution is 2.44. The monoisotopic (exact) mass is 244 g/mol. The molecule has 1 spiro atoms. The Morgan fingerprint density at radius 3 is 2.83 bits per heavy atom. The number of Topliss-reactive ketones (excluding diaryl/α,β-unsaturated/α-hetero) is 1. The minimum Gasteiger partial charge on any atom is -0.423 e. The summed E-state index contributed by atoms with van der Waals surface area (Å²) in [5.74, 6) is 0.138. The highest BCUT2D eigenvalue weighted by Gasteiger charge is 2.48. The van der Waals surface area contributed by atoms with E-state index >= 15 is 0 Å². The van der Waals surface area contributed by atoms with Crippen molar-refractivity contribution in [1.82, 2.24) is 0 Å². The molecule has 1 aromatic carbocycles. The molecule has 1 fully saturated rings. The lowest BCUT2D eigenvalue weighted by molar-refractivity contribution is -0.116. The van der Waals surface area contributed by atoms with E-state index in [4.69, 9.17) is 4.65 Å². The molecule has 3 nitrogen and oxygen atoms in total. The molecule has 3 rings (SSSR count). The van der Waals surface area contributed by atoms with Crippen LogP contribution in [0.4, 0.5) is 0 Å². The molecule has 0 bridgehead atoms. The lowest BCUT2D eigenvalue weighted by atomic mass is 9.76. The van der Waals surface area contributed by atoms with Gasteiger partial charge >= 0.3 is 7.12 Å². The number of carbonyl (C=O) groups is 1. The van der Waals surface area contributed by atoms with Crippen LogP contribution in [0.25, 0.3) is 0 Å². The average Bonchev–Trinajstić information content (AvgIpc) is 2.86. The van der Waals surface area contributed by atoms with E-state index in [2.05, 4.69) is 0 Å². The predicted octanol–water partition coefficient (Wildman–Crippen LogP) is 1.31. The minimum absolute atomic E-state index is 0.138. The van der Waals surface area contributed by atoms with Gasteiger partial charge in [-0.25, -0.2) is 0 Å². The van der Waals surface area contributed by atoms with Gasteiger partial charge in [0, 0.05) is 6.42 Å². The van der Waals surface area contributed by atoms with E-state index in [0.29, 0.717) is 6.42 Å². The molecule has 0 amide bonds. The van der Waals surface area contributed by atoms with Crippen molar-refractivity contribution in [1.29, 1.82) is 0 Å². The van der Waals surface area contributed by atoms with Crippen molar-refractivity contribution in [2.24, 2.45) is 0 Å². The molecule has 1 heterocycles. The molecule has 1 saturated carbocycles. The standard InChI is InChI=1S/C14H17BO3/c1-10(16)8-11-4-5-12-13(9-11)15(17)18-14(12)6-2-3-7-14/h4-5,9,17H,2-3,6-8H2,1H3. The van der Waals surface area contributed by atoms with E-state index < -0.39 is 7.12 Å². The second-order valence-corrected chi connectivity index (χ2v) is 5.47. The molecule has 18 heavy (non-hydrogen) atoms. The van der Waals surface area contributed by atoms with Gasteiger partial charge in [-0.15, -0.1) is 0 Å². The molecule has 0 saturated heterocycles. The normalized spacial score (nSPS) is 20.4. The molecule has 94 valence electrons. The summed E-state index contributed by atoms with van der Waals surface area (Å²) >= 11 is 0. The maximum absolute atomic E-state index is 11.2. The second kappa shape index (κ2) is 4.21. The zero-order valence-electron chi connectivity index (χ0n) is 10.6. The van der Waals surface area contributed by atoms with Gasteiger partial charge in [0.15, 0.2) is 0 Å². The number of carbonyl (C=O) groups excluding carboxylic acids is 1. The maximum Gasteiger partial charge on any atom is 0.492 e. The molecular weight excluding hydrogens is 227 g/mol. The fraction of sp³-hybridized carbons (Fsp3) is 0.500. The summed E-state index contributed by atoms with van der Waals surface area (Å²) in [5.41, 5.74) is 2.68. The van der Waals surface area contributed by atoms with Gasteiger partial charge < -0.3 is 9.68 Å². The topological polar surface area (TPSA) is 46.5 Å². The third-order valence-corrected chi connectivity index (χ3v) is 4.07. The van der Waals surface area contributed by atoms with Gasteiger partial charge in [-0.3, -0.25) is 4.79 Å². The first-order chi connectivity index (χ1) is 8.61. The fourth-order valence-electron chi connectivity index (χ4n) is 3.30. The van der Waals surface area contributed by atoms with E-state index in [1.165, 1.54) is 0 Å². The van der Waals surface area contributed by atoms with Gasteiger partial charge in [0.1, 0.15) is 5.78 Å². The Bertz CT molecular complexity index is 492. The Morgan fingerprint density at radius 2 is 2.17 bits per heavy atom. The molecule has 0 unspecified atom stereocenters. The van der Waals surface area contributed by atoms with Crippen LogP contribution in [0.1, 0.15) is 43.7 Å². The number of rotatable bonds is 2. The number of hydrogen-bond acceptors (Lipinski definition) is 3. The molecule has 0 atom stereocenters. The summed E-state index contributed by atoms with van der Waals surface area (Å²) in [4.78, 5) is 11.2. The summed E-state index contributed by atoms with van der Waals surface area (Å²) in [6, 6.07) is 5.95. The van der Waals surface area contributed by atoms with Crippen LogP contribution < -0.4 is 5.46 Å². The largest absolute Gasteiger partial charge is 0.492 e. The maximum atomic E-state index is 11.2. The molecule has 0 radical (unpaired) electrons. The molecule has 0 aromatic heterocycles. The van der Waals surface area contributed by atoms with Crippen LogP contribution in [0.15, 0.2) is 18.2 Å². The van der Waals surface area contributed by atoms with E-state index in [9.17, 15) is 9.82 Å². The summed E-state index contributed by atoms with van der Waals surface area (Å²) < 4.78 is 5.81. The first kappa shape index (κ1) is 11.9. The Morgan fingerprint density at radius 1 is 1.44 bits per heavy atom. The zero-order valence-corrected chi connectivity index (χ0v) is 10.6. The smallest absolute Gasteiger partial charge is 0.423 e. The highest BCUT2D eigenvalue weighted by molar-refractivity contribution is 6.62. The summed E-state index contributed by atoms with van der Waals surface area (Å²) in [6.45, 7) is 1.58. The van der Waals surface area contributed by atoms with Gasteiger partial charge in [0.2, 0.25) is 0 Å². The first-order valence-electron chi connectivity index (χ1n) is 6.59. The summed E-state index contributed by atoms with van der Waals surface area (Å²) in [6.07, 6.45) is 4.71. The summed E-state index contributed by atoms with van der Waals surface area (Å²) in [7, 11) is -0.829. The third kappa shape index (κ3) is 1.80. The van der Waals surface area contributed by atoms with Crippen molar-refractivity contribution in [3.8, 4) is 0 Å². The lowest BCUT2D eigenvalue weighted by Crippen LogP contribution is -2.29. The van der Waals surface area contributed by atoms with Gasteiger partial charge in [-0.2, -0.15) is 0 Å². The summed E-state index contributed by atoms with van der Waals surface area (Å²) in [5, 5.41) is 10.1. The van der Waals surface area contributed by atoms with Gasteiger partial charge in [-0.1, -0.05) is 31.0 Å². The zero-order chi connectivity index (χ0) is 12.8. The van der Waals surface area contributed by atoms with Crippen molar-refractivity contribution in [3.05, 3.63) is 29.3 Å².